The standard InChI is InChI=1S/C13H18N2O2/c1-3-5-11(4-2)15-12(16)13(10-14)6-8-17-9-7-13/h1,11H,4-9H2,2H3,(H,15,16). The molecule has 92 valence electrons. The minimum absolute atomic E-state index is 0.0411. The zero-order valence-corrected chi connectivity index (χ0v) is 10.2. The van der Waals surface area contributed by atoms with Crippen molar-refractivity contribution in [3.63, 3.8) is 0 Å². The van der Waals surface area contributed by atoms with E-state index in [-0.39, 0.29) is 11.9 Å². The summed E-state index contributed by atoms with van der Waals surface area (Å²) in [4.78, 5) is 12.1. The van der Waals surface area contributed by atoms with E-state index in [0.717, 1.165) is 6.42 Å². The second kappa shape index (κ2) is 6.27. The molecule has 17 heavy (non-hydrogen) atoms. The molecule has 0 aliphatic carbocycles. The highest BCUT2D eigenvalue weighted by Gasteiger charge is 2.40. The van der Waals surface area contributed by atoms with Gasteiger partial charge in [-0.1, -0.05) is 6.92 Å². The third kappa shape index (κ3) is 3.22. The molecule has 0 aromatic rings. The molecule has 0 saturated carbocycles. The van der Waals surface area contributed by atoms with E-state index in [9.17, 15) is 10.1 Å². The van der Waals surface area contributed by atoms with Gasteiger partial charge in [0, 0.05) is 25.7 Å². The van der Waals surface area contributed by atoms with Crippen molar-refractivity contribution >= 4 is 5.91 Å². The Labute approximate surface area is 102 Å². The van der Waals surface area contributed by atoms with Gasteiger partial charge in [0.25, 0.3) is 0 Å². The Bertz CT molecular complexity index is 345. The van der Waals surface area contributed by atoms with Crippen LogP contribution in [0.15, 0.2) is 0 Å². The lowest BCUT2D eigenvalue weighted by molar-refractivity contribution is -0.133. The Morgan fingerprint density at radius 1 is 1.59 bits per heavy atom. The number of carbonyl (C=O) groups is 1. The van der Waals surface area contributed by atoms with Crippen molar-refractivity contribution in [2.45, 2.75) is 38.6 Å². The van der Waals surface area contributed by atoms with Crippen molar-refractivity contribution in [1.29, 1.82) is 5.26 Å². The molecule has 0 radical (unpaired) electrons. The summed E-state index contributed by atoms with van der Waals surface area (Å²) < 4.78 is 5.19. The highest BCUT2D eigenvalue weighted by Crippen LogP contribution is 2.30. The fraction of sp³-hybridized carbons (Fsp3) is 0.692. The van der Waals surface area contributed by atoms with Gasteiger partial charge in [0.1, 0.15) is 5.41 Å². The van der Waals surface area contributed by atoms with Crippen LogP contribution in [0.25, 0.3) is 0 Å². The first kappa shape index (κ1) is 13.5. The van der Waals surface area contributed by atoms with E-state index in [2.05, 4.69) is 17.3 Å². The van der Waals surface area contributed by atoms with Crippen LogP contribution in [-0.4, -0.2) is 25.2 Å². The number of terminal acetylenes is 1. The molecule has 0 aromatic carbocycles. The Hall–Kier alpha value is -1.52. The van der Waals surface area contributed by atoms with Crippen molar-refractivity contribution in [3.05, 3.63) is 0 Å². The summed E-state index contributed by atoms with van der Waals surface area (Å²) in [6.07, 6.45) is 7.43. The van der Waals surface area contributed by atoms with Gasteiger partial charge in [-0.2, -0.15) is 5.26 Å². The zero-order chi connectivity index (χ0) is 12.7. The minimum Gasteiger partial charge on any atom is -0.381 e. The Morgan fingerprint density at radius 2 is 2.24 bits per heavy atom. The number of hydrogen-bond donors (Lipinski definition) is 1. The topological polar surface area (TPSA) is 62.1 Å². The van der Waals surface area contributed by atoms with Crippen LogP contribution in [0.4, 0.5) is 0 Å². The van der Waals surface area contributed by atoms with Crippen LogP contribution in [0.5, 0.6) is 0 Å². The van der Waals surface area contributed by atoms with E-state index >= 15 is 0 Å². The number of nitrogens with one attached hydrogen (secondary N) is 1. The Morgan fingerprint density at radius 3 is 2.71 bits per heavy atom. The quantitative estimate of drug-likeness (QED) is 0.744. The second-order valence-corrected chi connectivity index (χ2v) is 4.29. The third-order valence-corrected chi connectivity index (χ3v) is 3.19. The first-order valence-corrected chi connectivity index (χ1v) is 5.92. The van der Waals surface area contributed by atoms with E-state index in [1.165, 1.54) is 0 Å². The number of amides is 1. The number of hydrogen-bond acceptors (Lipinski definition) is 3. The Balaban J connectivity index is 2.67. The van der Waals surface area contributed by atoms with Crippen LogP contribution in [0.3, 0.4) is 0 Å². The fourth-order valence-electron chi connectivity index (χ4n) is 1.87. The van der Waals surface area contributed by atoms with Gasteiger partial charge < -0.3 is 10.1 Å². The van der Waals surface area contributed by atoms with E-state index in [1.807, 2.05) is 6.92 Å². The predicted octanol–water partition coefficient (Wildman–Crippen LogP) is 1.22. The monoisotopic (exact) mass is 234 g/mol. The maximum Gasteiger partial charge on any atom is 0.240 e. The summed E-state index contributed by atoms with van der Waals surface area (Å²) in [6, 6.07) is 2.10. The van der Waals surface area contributed by atoms with E-state index in [0.29, 0.717) is 32.5 Å². The van der Waals surface area contributed by atoms with Gasteiger partial charge >= 0.3 is 0 Å². The molecule has 1 aliphatic heterocycles. The van der Waals surface area contributed by atoms with Crippen molar-refractivity contribution < 1.29 is 9.53 Å². The summed E-state index contributed by atoms with van der Waals surface area (Å²) in [6.45, 7) is 2.89. The van der Waals surface area contributed by atoms with Gasteiger partial charge in [-0.15, -0.1) is 12.3 Å². The first-order chi connectivity index (χ1) is 8.18. The first-order valence-electron chi connectivity index (χ1n) is 5.92. The molecule has 1 unspecified atom stereocenters. The van der Waals surface area contributed by atoms with Crippen molar-refractivity contribution in [1.82, 2.24) is 5.32 Å². The van der Waals surface area contributed by atoms with Crippen LogP contribution in [0.1, 0.15) is 32.6 Å². The fourth-order valence-corrected chi connectivity index (χ4v) is 1.87. The molecule has 4 nitrogen and oxygen atoms in total. The average molecular weight is 234 g/mol. The van der Waals surface area contributed by atoms with Crippen LogP contribution >= 0.6 is 0 Å². The number of carbonyl (C=O) groups excluding carboxylic acids is 1. The molecule has 1 heterocycles. The van der Waals surface area contributed by atoms with Gasteiger partial charge in [-0.25, -0.2) is 0 Å². The van der Waals surface area contributed by atoms with Crippen molar-refractivity contribution in [2.24, 2.45) is 5.41 Å². The minimum atomic E-state index is -0.930. The van der Waals surface area contributed by atoms with E-state index < -0.39 is 5.41 Å². The predicted molar refractivity (Wildman–Crippen MR) is 63.8 cm³/mol. The van der Waals surface area contributed by atoms with Gasteiger partial charge in [0.15, 0.2) is 0 Å². The highest BCUT2D eigenvalue weighted by atomic mass is 16.5. The molecule has 1 rings (SSSR count). The summed E-state index contributed by atoms with van der Waals surface area (Å²) in [7, 11) is 0. The molecule has 1 amide bonds. The van der Waals surface area contributed by atoms with Gasteiger partial charge in [-0.05, 0) is 19.3 Å². The number of nitriles is 1. The van der Waals surface area contributed by atoms with Crippen LogP contribution in [0, 0.1) is 29.1 Å². The molecule has 0 aromatic heterocycles. The van der Waals surface area contributed by atoms with E-state index in [1.54, 1.807) is 0 Å². The average Bonchev–Trinajstić information content (AvgIpc) is 2.38. The third-order valence-electron chi connectivity index (χ3n) is 3.19. The number of rotatable bonds is 4. The molecule has 4 heteroatoms. The molecule has 1 aliphatic rings. The SMILES string of the molecule is C#CCC(CC)NC(=O)C1(C#N)CCOCC1. The molecule has 1 saturated heterocycles. The smallest absolute Gasteiger partial charge is 0.240 e. The summed E-state index contributed by atoms with van der Waals surface area (Å²) >= 11 is 0. The summed E-state index contributed by atoms with van der Waals surface area (Å²) in [5.74, 6) is 2.33. The van der Waals surface area contributed by atoms with Crippen molar-refractivity contribution in [2.75, 3.05) is 13.2 Å². The van der Waals surface area contributed by atoms with Gasteiger partial charge in [0.2, 0.25) is 5.91 Å². The molecular formula is C13H18N2O2. The lowest BCUT2D eigenvalue weighted by atomic mass is 9.80. The maximum atomic E-state index is 12.1. The normalized spacial score (nSPS) is 19.7. The molecule has 1 N–H and O–H groups in total. The van der Waals surface area contributed by atoms with Crippen molar-refractivity contribution in [3.8, 4) is 18.4 Å². The van der Waals surface area contributed by atoms with Gasteiger partial charge in [0.05, 0.1) is 6.07 Å². The molecule has 1 atom stereocenters. The number of ether oxygens (including phenoxy) is 1. The largest absolute Gasteiger partial charge is 0.381 e. The van der Waals surface area contributed by atoms with Crippen LogP contribution in [0.2, 0.25) is 0 Å². The summed E-state index contributed by atoms with van der Waals surface area (Å²) in [5, 5.41) is 12.1. The molecular weight excluding hydrogens is 216 g/mol. The highest BCUT2D eigenvalue weighted by molar-refractivity contribution is 5.85. The van der Waals surface area contributed by atoms with Gasteiger partial charge in [-0.3, -0.25) is 4.79 Å². The summed E-state index contributed by atoms with van der Waals surface area (Å²) in [5.41, 5.74) is -0.930. The Kier molecular flexibility index (Phi) is 5.00. The number of nitrogens with zero attached hydrogens (tertiary/aromatic N) is 1. The van der Waals surface area contributed by atoms with E-state index in [4.69, 9.17) is 11.2 Å². The molecule has 0 spiro atoms. The second-order valence-electron chi connectivity index (χ2n) is 4.29. The maximum absolute atomic E-state index is 12.1. The van der Waals surface area contributed by atoms with Crippen LogP contribution in [-0.2, 0) is 9.53 Å². The lowest BCUT2D eigenvalue weighted by Crippen LogP contribution is -2.47. The molecule has 1 fully saturated rings. The van der Waals surface area contributed by atoms with Crippen LogP contribution < -0.4 is 5.32 Å². The molecule has 0 bridgehead atoms. The zero-order valence-electron chi connectivity index (χ0n) is 10.2. The lowest BCUT2D eigenvalue weighted by Gasteiger charge is -2.30.